The summed E-state index contributed by atoms with van der Waals surface area (Å²) in [5, 5.41) is 2.72. The maximum absolute atomic E-state index is 12.3. The molecule has 3 aromatic rings. The third-order valence-electron chi connectivity index (χ3n) is 4.05. The van der Waals surface area contributed by atoms with Gasteiger partial charge in [-0.2, -0.15) is 0 Å². The van der Waals surface area contributed by atoms with Gasteiger partial charge in [-0.25, -0.2) is 18.4 Å². The fourth-order valence-electron chi connectivity index (χ4n) is 2.45. The maximum atomic E-state index is 12.3. The number of aromatic nitrogens is 3. The number of imidazole rings is 1. The summed E-state index contributed by atoms with van der Waals surface area (Å²) in [7, 11) is -3.47. The smallest absolute Gasteiger partial charge is 0.221 e. The minimum absolute atomic E-state index is 0.0865. The zero-order valence-corrected chi connectivity index (χ0v) is 15.7. The molecule has 140 valence electrons. The Morgan fingerprint density at radius 1 is 1.15 bits per heavy atom. The first kappa shape index (κ1) is 18.8. The highest BCUT2D eigenvalue weighted by atomic mass is 32.2. The third-order valence-corrected chi connectivity index (χ3v) is 5.78. The molecule has 0 saturated heterocycles. The highest BCUT2D eigenvalue weighted by Crippen LogP contribution is 2.13. The van der Waals surface area contributed by atoms with Gasteiger partial charge in [0.25, 0.3) is 0 Å². The minimum atomic E-state index is -3.47. The van der Waals surface area contributed by atoms with Crippen LogP contribution < -0.4 is 5.32 Å². The van der Waals surface area contributed by atoms with Crippen LogP contribution in [0.1, 0.15) is 17.5 Å². The molecule has 2 heterocycles. The van der Waals surface area contributed by atoms with E-state index in [-0.39, 0.29) is 23.0 Å². The Morgan fingerprint density at radius 2 is 1.93 bits per heavy atom. The second-order valence-electron chi connectivity index (χ2n) is 6.15. The van der Waals surface area contributed by atoms with Crippen molar-refractivity contribution in [3.05, 3.63) is 72.4 Å². The highest BCUT2D eigenvalue weighted by molar-refractivity contribution is 7.91. The lowest BCUT2D eigenvalue weighted by molar-refractivity contribution is -0.120. The van der Waals surface area contributed by atoms with Gasteiger partial charge >= 0.3 is 0 Å². The number of benzene rings is 1. The van der Waals surface area contributed by atoms with Gasteiger partial charge in [0, 0.05) is 31.6 Å². The van der Waals surface area contributed by atoms with E-state index in [0.29, 0.717) is 6.54 Å². The van der Waals surface area contributed by atoms with E-state index in [9.17, 15) is 13.2 Å². The third kappa shape index (κ3) is 5.01. The lowest BCUT2D eigenvalue weighted by Gasteiger charge is -2.07. The van der Waals surface area contributed by atoms with Crippen LogP contribution in [0.5, 0.6) is 0 Å². The summed E-state index contributed by atoms with van der Waals surface area (Å²) in [4.78, 5) is 20.5. The monoisotopic (exact) mass is 384 g/mol. The van der Waals surface area contributed by atoms with Crippen LogP contribution in [0.25, 0.3) is 5.82 Å². The lowest BCUT2D eigenvalue weighted by Crippen LogP contribution is -2.25. The Labute approximate surface area is 158 Å². The molecule has 3 rings (SSSR count). The molecule has 0 aliphatic carbocycles. The van der Waals surface area contributed by atoms with E-state index in [4.69, 9.17) is 0 Å². The Bertz CT molecular complexity index is 996. The molecule has 0 aliphatic rings. The van der Waals surface area contributed by atoms with Crippen molar-refractivity contribution < 1.29 is 13.2 Å². The fourth-order valence-corrected chi connectivity index (χ4v) is 3.69. The average molecular weight is 384 g/mol. The number of nitrogens with zero attached hydrogens (tertiary/aromatic N) is 3. The molecule has 7 nitrogen and oxygen atoms in total. The van der Waals surface area contributed by atoms with Gasteiger partial charge < -0.3 is 5.32 Å². The normalized spacial score (nSPS) is 11.3. The van der Waals surface area contributed by atoms with Crippen molar-refractivity contribution in [1.29, 1.82) is 0 Å². The van der Waals surface area contributed by atoms with Crippen LogP contribution in [0.4, 0.5) is 0 Å². The topological polar surface area (TPSA) is 94.0 Å². The molecular formula is C19H20N4O3S. The van der Waals surface area contributed by atoms with E-state index in [0.717, 1.165) is 16.9 Å². The zero-order valence-electron chi connectivity index (χ0n) is 14.9. The van der Waals surface area contributed by atoms with E-state index < -0.39 is 9.84 Å². The summed E-state index contributed by atoms with van der Waals surface area (Å²) in [5.74, 6) is 0.191. The molecule has 0 unspecified atom stereocenters. The maximum Gasteiger partial charge on any atom is 0.221 e. The second kappa shape index (κ2) is 8.13. The number of aryl methyl sites for hydroxylation is 1. The molecule has 0 saturated carbocycles. The number of amides is 1. The van der Waals surface area contributed by atoms with Crippen LogP contribution in [-0.2, 0) is 21.2 Å². The molecule has 1 N–H and O–H groups in total. The summed E-state index contributed by atoms with van der Waals surface area (Å²) in [5.41, 5.74) is 1.81. The first-order valence-corrected chi connectivity index (χ1v) is 10.1. The van der Waals surface area contributed by atoms with Crippen molar-refractivity contribution in [2.24, 2.45) is 0 Å². The molecule has 0 fully saturated rings. The first-order chi connectivity index (χ1) is 12.9. The summed E-state index contributed by atoms with van der Waals surface area (Å²) in [6.45, 7) is 2.18. The number of sulfone groups is 1. The number of carbonyl (C=O) groups is 1. The van der Waals surface area contributed by atoms with Crippen LogP contribution in [0.3, 0.4) is 0 Å². The predicted molar refractivity (Wildman–Crippen MR) is 101 cm³/mol. The Balaban J connectivity index is 1.50. The van der Waals surface area contributed by atoms with Crippen molar-refractivity contribution in [2.45, 2.75) is 24.8 Å². The fraction of sp³-hybridized carbons (Fsp3) is 0.211. The van der Waals surface area contributed by atoms with Crippen molar-refractivity contribution in [1.82, 2.24) is 19.9 Å². The van der Waals surface area contributed by atoms with Crippen LogP contribution >= 0.6 is 0 Å². The van der Waals surface area contributed by atoms with Crippen molar-refractivity contribution in [2.75, 3.05) is 5.75 Å². The number of nitrogens with one attached hydrogen (secondary N) is 1. The van der Waals surface area contributed by atoms with Crippen LogP contribution in [0.15, 0.2) is 66.2 Å². The molecule has 27 heavy (non-hydrogen) atoms. The molecule has 0 bridgehead atoms. The minimum Gasteiger partial charge on any atom is -0.352 e. The average Bonchev–Trinajstić information content (AvgIpc) is 3.20. The zero-order chi connectivity index (χ0) is 19.3. The van der Waals surface area contributed by atoms with Gasteiger partial charge in [0.1, 0.15) is 12.1 Å². The first-order valence-electron chi connectivity index (χ1n) is 8.43. The Hall–Kier alpha value is -3.00. The van der Waals surface area contributed by atoms with Gasteiger partial charge in [-0.3, -0.25) is 9.36 Å². The molecule has 2 aromatic heterocycles. The van der Waals surface area contributed by atoms with Gasteiger partial charge in [-0.05, 0) is 30.7 Å². The highest BCUT2D eigenvalue weighted by Gasteiger charge is 2.16. The lowest BCUT2D eigenvalue weighted by atomic mass is 10.2. The number of pyridine rings is 1. The molecule has 1 amide bonds. The molecular weight excluding hydrogens is 364 g/mol. The summed E-state index contributed by atoms with van der Waals surface area (Å²) >= 11 is 0. The van der Waals surface area contributed by atoms with Gasteiger partial charge in [0.2, 0.25) is 5.91 Å². The quantitative estimate of drug-likeness (QED) is 0.673. The van der Waals surface area contributed by atoms with Gasteiger partial charge in [0.05, 0.1) is 10.6 Å². The van der Waals surface area contributed by atoms with Crippen LogP contribution in [0, 0.1) is 6.92 Å². The molecule has 1 aromatic carbocycles. The van der Waals surface area contributed by atoms with Gasteiger partial charge in [-0.15, -0.1) is 0 Å². The van der Waals surface area contributed by atoms with E-state index in [2.05, 4.69) is 15.3 Å². The number of rotatable bonds is 7. The summed E-state index contributed by atoms with van der Waals surface area (Å²) in [6, 6.07) is 10.3. The van der Waals surface area contributed by atoms with E-state index in [1.807, 2.05) is 19.1 Å². The van der Waals surface area contributed by atoms with Crippen molar-refractivity contribution >= 4 is 15.7 Å². The predicted octanol–water partition coefficient (Wildman–Crippen LogP) is 2.06. The summed E-state index contributed by atoms with van der Waals surface area (Å²) in [6.07, 6.45) is 6.69. The van der Waals surface area contributed by atoms with Gasteiger partial charge in [-0.1, -0.05) is 23.8 Å². The molecule has 8 heteroatoms. The molecule has 0 radical (unpaired) electrons. The second-order valence-corrected chi connectivity index (χ2v) is 8.26. The SMILES string of the molecule is Cc1ccc(S(=O)(=O)CCC(=O)NCc2ccc(-n3ccnc3)nc2)cc1. The van der Waals surface area contributed by atoms with Crippen molar-refractivity contribution in [3.63, 3.8) is 0 Å². The number of hydrogen-bond donors (Lipinski definition) is 1. The van der Waals surface area contributed by atoms with E-state index >= 15 is 0 Å². The van der Waals surface area contributed by atoms with Crippen LogP contribution in [-0.4, -0.2) is 34.6 Å². The molecule has 0 aliphatic heterocycles. The standard InChI is InChI=1S/C19H20N4O3S/c1-15-2-5-17(6-3-15)27(25,26)11-8-19(24)22-13-16-4-7-18(21-12-16)23-10-9-20-14-23/h2-7,9-10,12,14H,8,11,13H2,1H3,(H,22,24). The van der Waals surface area contributed by atoms with E-state index in [1.54, 1.807) is 53.8 Å². The number of carbonyl (C=O) groups excluding carboxylic acids is 1. The Morgan fingerprint density at radius 3 is 2.56 bits per heavy atom. The van der Waals surface area contributed by atoms with Crippen molar-refractivity contribution in [3.8, 4) is 5.82 Å². The molecule has 0 atom stereocenters. The summed E-state index contributed by atoms with van der Waals surface area (Å²) < 4.78 is 26.3. The largest absolute Gasteiger partial charge is 0.352 e. The molecule has 0 spiro atoms. The van der Waals surface area contributed by atoms with Gasteiger partial charge in [0.15, 0.2) is 9.84 Å². The van der Waals surface area contributed by atoms with E-state index in [1.165, 1.54) is 0 Å². The Kier molecular flexibility index (Phi) is 5.66. The van der Waals surface area contributed by atoms with Crippen LogP contribution in [0.2, 0.25) is 0 Å². The number of hydrogen-bond acceptors (Lipinski definition) is 5.